The molecule has 1 saturated heterocycles. The summed E-state index contributed by atoms with van der Waals surface area (Å²) in [5, 5.41) is 5.75. The maximum Gasteiger partial charge on any atom is 0.416 e. The van der Waals surface area contributed by atoms with Crippen molar-refractivity contribution < 1.29 is 26.7 Å². The highest BCUT2D eigenvalue weighted by molar-refractivity contribution is 5.98. The first-order chi connectivity index (χ1) is 16.7. The summed E-state index contributed by atoms with van der Waals surface area (Å²) in [6.07, 6.45) is -4.20. The van der Waals surface area contributed by atoms with Crippen molar-refractivity contribution in [3.05, 3.63) is 53.6 Å². The number of rotatable bonds is 10. The van der Waals surface area contributed by atoms with E-state index in [1.807, 2.05) is 13.0 Å². The monoisotopic (exact) mass is 497 g/mol. The van der Waals surface area contributed by atoms with Gasteiger partial charge in [0.25, 0.3) is 5.91 Å². The summed E-state index contributed by atoms with van der Waals surface area (Å²) < 4.78 is 66.8. The smallest absolute Gasteiger partial charge is 0.381 e. The molecule has 2 aromatic rings. The van der Waals surface area contributed by atoms with E-state index >= 15 is 0 Å². The highest BCUT2D eigenvalue weighted by Gasteiger charge is 2.30. The van der Waals surface area contributed by atoms with E-state index in [1.165, 1.54) is 12.1 Å². The number of carbonyl (C=O) groups excluding carboxylic acids is 1. The van der Waals surface area contributed by atoms with Gasteiger partial charge in [0.2, 0.25) is 6.17 Å². The number of carbonyl (C=O) groups is 1. The number of halogens is 5. The molecule has 0 aromatic heterocycles. The maximum atomic E-state index is 14.4. The number of alkyl halides is 5. The minimum absolute atomic E-state index is 0.00310. The summed E-state index contributed by atoms with van der Waals surface area (Å²) in [4.78, 5) is 14.5. The Bertz CT molecular complexity index is 958. The minimum atomic E-state index is -4.38. The summed E-state index contributed by atoms with van der Waals surface area (Å²) in [6, 6.07) is 10.1. The van der Waals surface area contributed by atoms with E-state index in [1.54, 1.807) is 12.1 Å². The van der Waals surface area contributed by atoms with Crippen molar-refractivity contribution in [1.29, 1.82) is 0 Å². The molecular formula is C26H32F5N3O. The third kappa shape index (κ3) is 7.57. The van der Waals surface area contributed by atoms with Gasteiger partial charge in [-0.1, -0.05) is 31.9 Å². The van der Waals surface area contributed by atoms with Gasteiger partial charge in [-0.2, -0.15) is 13.2 Å². The molecule has 1 fully saturated rings. The van der Waals surface area contributed by atoms with E-state index in [9.17, 15) is 26.7 Å². The molecule has 0 spiro atoms. The Morgan fingerprint density at radius 1 is 1.03 bits per heavy atom. The summed E-state index contributed by atoms with van der Waals surface area (Å²) in [6.45, 7) is 3.72. The third-order valence-electron chi connectivity index (χ3n) is 6.13. The Balaban J connectivity index is 1.73. The molecule has 3 rings (SSSR count). The fourth-order valence-corrected chi connectivity index (χ4v) is 4.07. The molecule has 2 N–H and O–H groups in total. The number of benzene rings is 2. The Labute approximate surface area is 202 Å². The van der Waals surface area contributed by atoms with Crippen LogP contribution in [0.1, 0.15) is 56.6 Å². The van der Waals surface area contributed by atoms with Crippen LogP contribution in [-0.2, 0) is 17.5 Å². The molecule has 0 unspecified atom stereocenters. The van der Waals surface area contributed by atoms with Crippen LogP contribution in [-0.4, -0.2) is 31.3 Å². The molecule has 0 bridgehead atoms. The summed E-state index contributed by atoms with van der Waals surface area (Å²) in [5.41, 5.74) is 1.78. The van der Waals surface area contributed by atoms with Gasteiger partial charge in [-0.3, -0.25) is 4.79 Å². The second-order valence-corrected chi connectivity index (χ2v) is 8.88. The van der Waals surface area contributed by atoms with E-state index in [-0.39, 0.29) is 6.42 Å². The van der Waals surface area contributed by atoms with Gasteiger partial charge >= 0.3 is 6.18 Å². The Morgan fingerprint density at radius 2 is 1.71 bits per heavy atom. The quantitative estimate of drug-likeness (QED) is 0.344. The lowest BCUT2D eigenvalue weighted by molar-refractivity contribution is -0.137. The molecular weight excluding hydrogens is 465 g/mol. The van der Waals surface area contributed by atoms with Gasteiger partial charge in [-0.05, 0) is 61.6 Å². The zero-order valence-electron chi connectivity index (χ0n) is 19.8. The van der Waals surface area contributed by atoms with Crippen molar-refractivity contribution in [2.45, 2.75) is 70.5 Å². The Morgan fingerprint density at radius 3 is 2.34 bits per heavy atom. The van der Waals surface area contributed by atoms with Crippen molar-refractivity contribution >= 4 is 23.0 Å². The van der Waals surface area contributed by atoms with Crippen LogP contribution in [0.2, 0.25) is 0 Å². The predicted molar refractivity (Wildman–Crippen MR) is 129 cm³/mol. The molecule has 1 heterocycles. The average molecular weight is 498 g/mol. The van der Waals surface area contributed by atoms with Crippen molar-refractivity contribution in [1.82, 2.24) is 0 Å². The highest BCUT2D eigenvalue weighted by atomic mass is 19.4. The Kier molecular flexibility index (Phi) is 9.34. The van der Waals surface area contributed by atoms with Gasteiger partial charge in [0.1, 0.15) is 6.17 Å². The number of nitrogens with zero attached hydrogens (tertiary/aromatic N) is 1. The molecule has 2 atom stereocenters. The fraction of sp³-hybridized carbons (Fsp3) is 0.500. The zero-order chi connectivity index (χ0) is 25.4. The van der Waals surface area contributed by atoms with E-state index in [0.717, 1.165) is 50.9 Å². The van der Waals surface area contributed by atoms with Crippen LogP contribution in [0.25, 0.3) is 0 Å². The average Bonchev–Trinajstić information content (AvgIpc) is 2.86. The van der Waals surface area contributed by atoms with Crippen LogP contribution in [0.4, 0.5) is 39.0 Å². The molecule has 0 aliphatic carbocycles. The fourth-order valence-electron chi connectivity index (χ4n) is 4.07. The van der Waals surface area contributed by atoms with E-state index in [2.05, 4.69) is 15.5 Å². The molecule has 192 valence electrons. The molecule has 0 radical (unpaired) electrons. The van der Waals surface area contributed by atoms with Crippen molar-refractivity contribution in [2.24, 2.45) is 0 Å². The number of anilines is 3. The molecule has 9 heteroatoms. The topological polar surface area (TPSA) is 44.4 Å². The minimum Gasteiger partial charge on any atom is -0.381 e. The van der Waals surface area contributed by atoms with Gasteiger partial charge in [-0.25, -0.2) is 8.78 Å². The summed E-state index contributed by atoms with van der Waals surface area (Å²) in [7, 11) is 0. The van der Waals surface area contributed by atoms with Crippen molar-refractivity contribution in [3.63, 3.8) is 0 Å². The Hall–Kier alpha value is -2.84. The first-order valence-corrected chi connectivity index (χ1v) is 12.1. The van der Waals surface area contributed by atoms with Crippen LogP contribution >= 0.6 is 0 Å². The van der Waals surface area contributed by atoms with Gasteiger partial charge < -0.3 is 15.5 Å². The summed E-state index contributed by atoms with van der Waals surface area (Å²) >= 11 is 0. The van der Waals surface area contributed by atoms with Crippen molar-refractivity contribution in [2.75, 3.05) is 28.6 Å². The largest absolute Gasteiger partial charge is 0.416 e. The van der Waals surface area contributed by atoms with Gasteiger partial charge in [0.15, 0.2) is 0 Å². The number of hydrogen-bond acceptors (Lipinski definition) is 3. The van der Waals surface area contributed by atoms with Crippen LogP contribution in [0.5, 0.6) is 0 Å². The molecule has 1 aliphatic heterocycles. The van der Waals surface area contributed by atoms with E-state index in [4.69, 9.17) is 0 Å². The molecule has 0 saturated carbocycles. The molecule has 2 aromatic carbocycles. The lowest BCUT2D eigenvalue weighted by Crippen LogP contribution is -2.34. The van der Waals surface area contributed by atoms with Crippen molar-refractivity contribution in [3.8, 4) is 0 Å². The van der Waals surface area contributed by atoms with Gasteiger partial charge in [0, 0.05) is 25.3 Å². The van der Waals surface area contributed by atoms with Gasteiger partial charge in [0.05, 0.1) is 16.9 Å². The van der Waals surface area contributed by atoms with Crippen LogP contribution < -0.4 is 15.5 Å². The highest BCUT2D eigenvalue weighted by Crippen LogP contribution is 2.33. The van der Waals surface area contributed by atoms with Gasteiger partial charge in [-0.15, -0.1) is 0 Å². The van der Waals surface area contributed by atoms with E-state index in [0.29, 0.717) is 35.6 Å². The van der Waals surface area contributed by atoms with Crippen LogP contribution in [0.3, 0.4) is 0 Å². The number of hydrogen-bond donors (Lipinski definition) is 2. The molecule has 35 heavy (non-hydrogen) atoms. The third-order valence-corrected chi connectivity index (χ3v) is 6.13. The first kappa shape index (κ1) is 26.8. The SMILES string of the molecule is CCCC[C@@H](F)[C@H](F)C(=O)Nc1ccc(NCc2ccc(C(F)(F)F)cc2)cc1N1CCCCC1. The molecule has 4 nitrogen and oxygen atoms in total. The number of unbranched alkanes of at least 4 members (excludes halogenated alkanes) is 1. The van der Waals surface area contributed by atoms with Crippen LogP contribution in [0, 0.1) is 0 Å². The predicted octanol–water partition coefficient (Wildman–Crippen LogP) is 7.11. The van der Waals surface area contributed by atoms with Crippen LogP contribution in [0.15, 0.2) is 42.5 Å². The zero-order valence-corrected chi connectivity index (χ0v) is 19.8. The standard InChI is InChI=1S/C26H32F5N3O/c1-2-3-7-21(27)24(28)25(35)33-22-13-12-20(16-23(22)34-14-5-4-6-15-34)32-17-18-8-10-19(11-9-18)26(29,30)31/h8-13,16,21,24,32H,2-7,14-15,17H2,1H3,(H,33,35)/t21-,24+/m1/s1. The number of amides is 1. The normalized spacial score (nSPS) is 16.0. The second kappa shape index (κ2) is 12.2. The molecule has 1 amide bonds. The molecule has 1 aliphatic rings. The second-order valence-electron chi connectivity index (χ2n) is 8.88. The maximum absolute atomic E-state index is 14.4. The lowest BCUT2D eigenvalue weighted by Gasteiger charge is -2.31. The number of nitrogens with one attached hydrogen (secondary N) is 2. The van der Waals surface area contributed by atoms with E-state index < -0.39 is 30.0 Å². The summed E-state index contributed by atoms with van der Waals surface area (Å²) in [5.74, 6) is -1.00. The first-order valence-electron chi connectivity index (χ1n) is 12.1. The lowest BCUT2D eigenvalue weighted by atomic mass is 10.1. The number of piperidine rings is 1.